The Hall–Kier alpha value is -0.340. The van der Waals surface area contributed by atoms with Crippen molar-refractivity contribution < 1.29 is 4.74 Å². The standard InChI is InChI=1S/C11H16OS/c1-11(2,3)10-4-8(7-13-10)9-5-12-6-9/h4,7,9H,5-6H2,1-3H3. The fourth-order valence-electron chi connectivity index (χ4n) is 1.39. The minimum Gasteiger partial charge on any atom is -0.380 e. The average Bonchev–Trinajstić information content (AvgIpc) is 2.29. The number of hydrogen-bond acceptors (Lipinski definition) is 2. The zero-order chi connectivity index (χ0) is 9.47. The second kappa shape index (κ2) is 3.10. The highest BCUT2D eigenvalue weighted by atomic mass is 32.1. The van der Waals surface area contributed by atoms with Crippen LogP contribution in [-0.4, -0.2) is 13.2 Å². The van der Waals surface area contributed by atoms with E-state index in [1.165, 1.54) is 10.4 Å². The average molecular weight is 196 g/mol. The largest absolute Gasteiger partial charge is 0.380 e. The first-order valence-corrected chi connectivity index (χ1v) is 5.62. The second-order valence-corrected chi connectivity index (χ2v) is 5.64. The van der Waals surface area contributed by atoms with Crippen LogP contribution in [0, 0.1) is 0 Å². The molecule has 0 aliphatic carbocycles. The lowest BCUT2D eigenvalue weighted by atomic mass is 9.92. The van der Waals surface area contributed by atoms with Crippen LogP contribution < -0.4 is 0 Å². The number of thiophene rings is 1. The van der Waals surface area contributed by atoms with Gasteiger partial charge in [-0.3, -0.25) is 0 Å². The third kappa shape index (κ3) is 1.79. The van der Waals surface area contributed by atoms with Gasteiger partial charge < -0.3 is 4.74 Å². The maximum atomic E-state index is 5.19. The Labute approximate surface area is 83.7 Å². The molecule has 1 aliphatic heterocycles. The molecule has 0 aromatic carbocycles. The van der Waals surface area contributed by atoms with Crippen molar-refractivity contribution in [3.8, 4) is 0 Å². The number of ether oxygens (including phenoxy) is 1. The normalized spacial score (nSPS) is 18.7. The van der Waals surface area contributed by atoms with Crippen LogP contribution in [0.5, 0.6) is 0 Å². The van der Waals surface area contributed by atoms with E-state index in [1.54, 1.807) is 0 Å². The summed E-state index contributed by atoms with van der Waals surface area (Å²) in [7, 11) is 0. The summed E-state index contributed by atoms with van der Waals surface area (Å²) in [5.74, 6) is 0.673. The third-order valence-electron chi connectivity index (χ3n) is 2.47. The fourth-order valence-corrected chi connectivity index (χ4v) is 2.47. The van der Waals surface area contributed by atoms with Crippen LogP contribution in [0.25, 0.3) is 0 Å². The summed E-state index contributed by atoms with van der Waals surface area (Å²) in [6.07, 6.45) is 0. The van der Waals surface area contributed by atoms with Crippen LogP contribution in [0.15, 0.2) is 11.4 Å². The molecule has 1 fully saturated rings. The Balaban J connectivity index is 2.17. The molecule has 1 nitrogen and oxygen atoms in total. The molecule has 13 heavy (non-hydrogen) atoms. The van der Waals surface area contributed by atoms with E-state index >= 15 is 0 Å². The van der Waals surface area contributed by atoms with Crippen molar-refractivity contribution in [3.05, 3.63) is 21.9 Å². The van der Waals surface area contributed by atoms with E-state index in [-0.39, 0.29) is 0 Å². The first-order chi connectivity index (χ1) is 6.07. The molecule has 0 atom stereocenters. The van der Waals surface area contributed by atoms with E-state index in [0.717, 1.165) is 13.2 Å². The van der Waals surface area contributed by atoms with Gasteiger partial charge in [-0.1, -0.05) is 20.8 Å². The lowest BCUT2D eigenvalue weighted by molar-refractivity contribution is 0.00856. The molecule has 0 spiro atoms. The Kier molecular flexibility index (Phi) is 2.20. The van der Waals surface area contributed by atoms with Gasteiger partial charge in [-0.25, -0.2) is 0 Å². The molecule has 1 aromatic rings. The summed E-state index contributed by atoms with van der Waals surface area (Å²) in [6.45, 7) is 8.63. The monoisotopic (exact) mass is 196 g/mol. The molecule has 2 heterocycles. The summed E-state index contributed by atoms with van der Waals surface area (Å²) >= 11 is 1.88. The van der Waals surface area contributed by atoms with E-state index in [1.807, 2.05) is 11.3 Å². The first-order valence-electron chi connectivity index (χ1n) is 4.74. The van der Waals surface area contributed by atoms with Crippen molar-refractivity contribution in [3.63, 3.8) is 0 Å². The molecular weight excluding hydrogens is 180 g/mol. The zero-order valence-electron chi connectivity index (χ0n) is 8.46. The van der Waals surface area contributed by atoms with Crippen molar-refractivity contribution in [2.75, 3.05) is 13.2 Å². The van der Waals surface area contributed by atoms with Gasteiger partial charge in [0.1, 0.15) is 0 Å². The molecule has 0 radical (unpaired) electrons. The van der Waals surface area contributed by atoms with E-state index in [0.29, 0.717) is 11.3 Å². The Morgan fingerprint density at radius 1 is 1.38 bits per heavy atom. The highest BCUT2D eigenvalue weighted by Crippen LogP contribution is 2.33. The number of rotatable bonds is 1. The summed E-state index contributed by atoms with van der Waals surface area (Å²) in [4.78, 5) is 1.48. The Morgan fingerprint density at radius 3 is 2.46 bits per heavy atom. The molecule has 2 heteroatoms. The van der Waals surface area contributed by atoms with E-state index < -0.39 is 0 Å². The molecule has 1 aliphatic rings. The highest BCUT2D eigenvalue weighted by Gasteiger charge is 2.24. The first kappa shape index (κ1) is 9.22. The summed E-state index contributed by atoms with van der Waals surface area (Å²) in [5.41, 5.74) is 1.77. The van der Waals surface area contributed by atoms with Gasteiger partial charge >= 0.3 is 0 Å². The zero-order valence-corrected chi connectivity index (χ0v) is 9.28. The molecule has 0 N–H and O–H groups in total. The fraction of sp³-hybridized carbons (Fsp3) is 0.636. The lowest BCUT2D eigenvalue weighted by Crippen LogP contribution is -2.24. The molecular formula is C11H16OS. The molecule has 72 valence electrons. The van der Waals surface area contributed by atoms with Crippen LogP contribution in [0.4, 0.5) is 0 Å². The van der Waals surface area contributed by atoms with Gasteiger partial charge in [-0.15, -0.1) is 11.3 Å². The van der Waals surface area contributed by atoms with Gasteiger partial charge in [0, 0.05) is 10.8 Å². The Morgan fingerprint density at radius 2 is 2.08 bits per heavy atom. The molecule has 0 bridgehead atoms. The van der Waals surface area contributed by atoms with E-state index in [4.69, 9.17) is 4.74 Å². The van der Waals surface area contributed by atoms with Gasteiger partial charge in [0.05, 0.1) is 13.2 Å². The van der Waals surface area contributed by atoms with Crippen LogP contribution in [0.3, 0.4) is 0 Å². The van der Waals surface area contributed by atoms with Crippen LogP contribution in [0.1, 0.15) is 37.1 Å². The van der Waals surface area contributed by atoms with Crippen molar-refractivity contribution in [2.24, 2.45) is 0 Å². The molecule has 0 saturated carbocycles. The Bertz CT molecular complexity index is 291. The van der Waals surface area contributed by atoms with E-state index in [9.17, 15) is 0 Å². The maximum Gasteiger partial charge on any atom is 0.0557 e. The van der Waals surface area contributed by atoms with Gasteiger partial charge in [-0.05, 0) is 22.4 Å². The predicted octanol–water partition coefficient (Wildman–Crippen LogP) is 3.16. The maximum absolute atomic E-state index is 5.19. The minimum atomic E-state index is 0.299. The third-order valence-corrected chi connectivity index (χ3v) is 3.84. The van der Waals surface area contributed by atoms with Crippen LogP contribution >= 0.6 is 11.3 Å². The molecule has 2 rings (SSSR count). The van der Waals surface area contributed by atoms with Gasteiger partial charge in [0.15, 0.2) is 0 Å². The van der Waals surface area contributed by atoms with Gasteiger partial charge in [-0.2, -0.15) is 0 Å². The van der Waals surface area contributed by atoms with Gasteiger partial charge in [0.25, 0.3) is 0 Å². The van der Waals surface area contributed by atoms with E-state index in [2.05, 4.69) is 32.2 Å². The minimum absolute atomic E-state index is 0.299. The van der Waals surface area contributed by atoms with Crippen molar-refractivity contribution in [2.45, 2.75) is 32.1 Å². The predicted molar refractivity (Wildman–Crippen MR) is 56.6 cm³/mol. The summed E-state index contributed by atoms with van der Waals surface area (Å²) in [6, 6.07) is 2.35. The smallest absolute Gasteiger partial charge is 0.0557 e. The lowest BCUT2D eigenvalue weighted by Gasteiger charge is -2.25. The quantitative estimate of drug-likeness (QED) is 0.670. The highest BCUT2D eigenvalue weighted by molar-refractivity contribution is 7.10. The second-order valence-electron chi connectivity index (χ2n) is 4.73. The molecule has 0 amide bonds. The van der Waals surface area contributed by atoms with Crippen LogP contribution in [-0.2, 0) is 10.2 Å². The summed E-state index contributed by atoms with van der Waals surface area (Å²) < 4.78 is 5.19. The summed E-state index contributed by atoms with van der Waals surface area (Å²) in [5, 5.41) is 2.29. The molecule has 0 unspecified atom stereocenters. The number of hydrogen-bond donors (Lipinski definition) is 0. The van der Waals surface area contributed by atoms with Crippen molar-refractivity contribution in [1.82, 2.24) is 0 Å². The van der Waals surface area contributed by atoms with Crippen molar-refractivity contribution in [1.29, 1.82) is 0 Å². The van der Waals surface area contributed by atoms with Gasteiger partial charge in [0.2, 0.25) is 0 Å². The van der Waals surface area contributed by atoms with Crippen molar-refractivity contribution >= 4 is 11.3 Å². The van der Waals surface area contributed by atoms with Crippen LogP contribution in [0.2, 0.25) is 0 Å². The SMILES string of the molecule is CC(C)(C)c1cc(C2COC2)cs1. The topological polar surface area (TPSA) is 9.23 Å². The molecule has 1 aromatic heterocycles. The molecule has 1 saturated heterocycles.